The molecule has 0 aromatic carbocycles. The molecule has 0 amide bonds. The van der Waals surface area contributed by atoms with Gasteiger partial charge in [-0.3, -0.25) is 0 Å². The van der Waals surface area contributed by atoms with Gasteiger partial charge in [0, 0.05) is 9.90 Å². The minimum absolute atomic E-state index is 0. The van der Waals surface area contributed by atoms with Crippen LogP contribution in [0.1, 0.15) is 0 Å². The summed E-state index contributed by atoms with van der Waals surface area (Å²) in [4.78, 5) is 0. The highest BCUT2D eigenvalue weighted by Crippen LogP contribution is 2.02. The van der Waals surface area contributed by atoms with Gasteiger partial charge in [-0.2, -0.15) is 25.3 Å². The topological polar surface area (TPSA) is 154 Å². The van der Waals surface area contributed by atoms with E-state index in [9.17, 15) is 25.3 Å². The molecule has 0 heterocycles. The second-order valence-electron chi connectivity index (χ2n) is 1.39. The molecule has 0 saturated heterocycles. The highest BCUT2D eigenvalue weighted by atomic mass is 33.6. The van der Waals surface area contributed by atoms with Crippen LogP contribution in [-0.2, 0) is 26.0 Å². The van der Waals surface area contributed by atoms with E-state index in [0.717, 1.165) is 0 Å². The Morgan fingerprint density at radius 3 is 0.833 bits per heavy atom. The lowest BCUT2D eigenvalue weighted by molar-refractivity contribution is 0.579. The molecule has 0 aliphatic rings. The van der Waals surface area contributed by atoms with E-state index >= 15 is 0 Å². The van der Waals surface area contributed by atoms with Crippen LogP contribution in [0.25, 0.3) is 0 Å². The minimum atomic E-state index is -5.51. The van der Waals surface area contributed by atoms with Gasteiger partial charge in [0.2, 0.25) is 0 Å². The van der Waals surface area contributed by atoms with E-state index in [4.69, 9.17) is 0 Å². The van der Waals surface area contributed by atoms with Gasteiger partial charge in [-0.25, -0.2) is 10.3 Å². The van der Waals surface area contributed by atoms with Crippen LogP contribution < -0.4 is 10.3 Å². The summed E-state index contributed by atoms with van der Waals surface area (Å²) in [7, 11) is -15.9. The first-order valence-corrected chi connectivity index (χ1v) is 7.41. The molecule has 0 aliphatic heterocycles. The summed E-state index contributed by atoms with van der Waals surface area (Å²) in [6.07, 6.45) is 0. The van der Waals surface area contributed by atoms with Gasteiger partial charge >= 0.3 is 26.0 Å². The van der Waals surface area contributed by atoms with Gasteiger partial charge in [0.05, 0.1) is 0 Å². The van der Waals surface area contributed by atoms with E-state index in [2.05, 4.69) is 10.3 Å². The van der Waals surface area contributed by atoms with Gasteiger partial charge in [-0.1, -0.05) is 0 Å². The maximum atomic E-state index is 10.2. The summed E-state index contributed by atoms with van der Waals surface area (Å²) < 4.78 is 60.6. The molecule has 0 spiro atoms. The van der Waals surface area contributed by atoms with Gasteiger partial charge in [0.15, 0.2) is 0 Å². The molecule has 4 N–H and O–H groups in total. The molecule has 3 radical (unpaired) electrons. The van der Waals surface area contributed by atoms with Crippen LogP contribution in [0.2, 0.25) is 0 Å². The van der Waals surface area contributed by atoms with Crippen molar-refractivity contribution in [1.82, 2.24) is 0 Å². The maximum absolute atomic E-state index is 10.2. The summed E-state index contributed by atoms with van der Waals surface area (Å²) in [6, 6.07) is 0. The van der Waals surface area contributed by atoms with Crippen molar-refractivity contribution >= 4 is 35.9 Å². The average molecular weight is 255 g/mol. The third kappa shape index (κ3) is 2.61. The number of rotatable bonds is 2. The van der Waals surface area contributed by atoms with Crippen molar-refractivity contribution in [2.75, 3.05) is 0 Å². The lowest BCUT2D eigenvalue weighted by atomic mass is 13.9. The summed E-state index contributed by atoms with van der Waals surface area (Å²) in [5.41, 5.74) is 0. The molecule has 12 heteroatoms. The SMILES string of the molecule is NS(=O)(=O)S(=O)(=O)S(N)(=O)=O.[P]. The molecule has 0 aromatic rings. The summed E-state index contributed by atoms with van der Waals surface area (Å²) in [6.45, 7) is 0. The molecule has 0 saturated carbocycles. The van der Waals surface area contributed by atoms with Crippen molar-refractivity contribution < 1.29 is 25.3 Å². The van der Waals surface area contributed by atoms with Crippen LogP contribution in [0.5, 0.6) is 0 Å². The Labute approximate surface area is 71.8 Å². The van der Waals surface area contributed by atoms with Crippen LogP contribution in [0.3, 0.4) is 0 Å². The van der Waals surface area contributed by atoms with Crippen molar-refractivity contribution in [3.8, 4) is 0 Å². The second kappa shape index (κ2) is 3.52. The molecular weight excluding hydrogens is 251 g/mol. The molecule has 0 rings (SSSR count). The molecule has 12 heavy (non-hydrogen) atoms. The largest absolute Gasteiger partial charge is 0.384 e. The summed E-state index contributed by atoms with van der Waals surface area (Å²) >= 11 is 0. The van der Waals surface area contributed by atoms with E-state index in [1.54, 1.807) is 0 Å². The van der Waals surface area contributed by atoms with Gasteiger partial charge in [0.1, 0.15) is 0 Å². The smallest absolute Gasteiger partial charge is 0.215 e. The molecule has 0 aromatic heterocycles. The van der Waals surface area contributed by atoms with Gasteiger partial charge in [-0.05, 0) is 0 Å². The molecule has 0 aliphatic carbocycles. The van der Waals surface area contributed by atoms with Crippen LogP contribution in [0.15, 0.2) is 0 Å². The first-order valence-electron chi connectivity index (χ1n) is 1.80. The Balaban J connectivity index is 0. The maximum Gasteiger partial charge on any atom is 0.384 e. The standard InChI is InChI=1S/H4N2O6S3.P/c1-9(3,4)11(7,8)10(2,5)6;/h(H2,1,3,4)(H2,2,5,6);. The number of nitrogens with two attached hydrogens (primary N) is 2. The fourth-order valence-corrected chi connectivity index (χ4v) is 3.57. The third-order valence-electron chi connectivity index (χ3n) is 0.569. The Kier molecular flexibility index (Phi) is 4.31. The summed E-state index contributed by atoms with van der Waals surface area (Å²) in [5.74, 6) is 0. The van der Waals surface area contributed by atoms with E-state index in [1.165, 1.54) is 0 Å². The van der Waals surface area contributed by atoms with Crippen LogP contribution in [0.4, 0.5) is 0 Å². The lowest BCUT2D eigenvalue weighted by Gasteiger charge is -1.95. The monoisotopic (exact) mass is 255 g/mol. The second-order valence-corrected chi connectivity index (χ2v) is 10.2. The fraction of sp³-hybridized carbons (Fsp3) is 0. The Bertz CT molecular complexity index is 399. The van der Waals surface area contributed by atoms with Crippen molar-refractivity contribution in [2.45, 2.75) is 0 Å². The van der Waals surface area contributed by atoms with E-state index < -0.39 is 26.0 Å². The van der Waals surface area contributed by atoms with Crippen LogP contribution in [-0.4, -0.2) is 25.3 Å². The molecular formula is H4N2O6PS3. The molecule has 0 fully saturated rings. The van der Waals surface area contributed by atoms with Crippen molar-refractivity contribution in [2.24, 2.45) is 10.3 Å². The normalized spacial score (nSPS) is 13.5. The van der Waals surface area contributed by atoms with E-state index in [0.29, 0.717) is 0 Å². The van der Waals surface area contributed by atoms with E-state index in [1.807, 2.05) is 0 Å². The number of hydrogen-bond acceptors (Lipinski definition) is 6. The highest BCUT2D eigenvalue weighted by molar-refractivity contribution is 8.98. The molecule has 8 nitrogen and oxygen atoms in total. The predicted molar refractivity (Wildman–Crippen MR) is 42.1 cm³/mol. The first-order chi connectivity index (χ1) is 4.50. The Morgan fingerprint density at radius 2 is 0.833 bits per heavy atom. The van der Waals surface area contributed by atoms with Crippen molar-refractivity contribution in [3.63, 3.8) is 0 Å². The molecule has 73 valence electrons. The van der Waals surface area contributed by atoms with Crippen LogP contribution in [0, 0.1) is 0 Å². The molecule has 0 bridgehead atoms. The number of hydrogen-bond donors (Lipinski definition) is 2. The Morgan fingerprint density at radius 1 is 0.667 bits per heavy atom. The summed E-state index contributed by atoms with van der Waals surface area (Å²) in [5, 5.41) is 8.05. The fourth-order valence-electron chi connectivity index (χ4n) is 0.132. The van der Waals surface area contributed by atoms with E-state index in [-0.39, 0.29) is 9.90 Å². The predicted octanol–water partition coefficient (Wildman–Crippen LogP) is -2.33. The first kappa shape index (κ1) is 14.7. The minimum Gasteiger partial charge on any atom is -0.215 e. The zero-order valence-electron chi connectivity index (χ0n) is 5.28. The highest BCUT2D eigenvalue weighted by Gasteiger charge is 2.37. The van der Waals surface area contributed by atoms with Crippen molar-refractivity contribution in [3.05, 3.63) is 0 Å². The average Bonchev–Trinajstić information content (AvgIpc) is 1.58. The van der Waals surface area contributed by atoms with Gasteiger partial charge in [-0.15, -0.1) is 0 Å². The third-order valence-corrected chi connectivity index (χ3v) is 8.54. The quantitative estimate of drug-likeness (QED) is 0.416. The lowest BCUT2D eigenvalue weighted by Crippen LogP contribution is -2.34. The Hall–Kier alpha value is 0.200. The molecule has 0 unspecified atom stereocenters. The van der Waals surface area contributed by atoms with Crippen LogP contribution >= 0.6 is 9.90 Å². The zero-order chi connectivity index (χ0) is 9.50. The van der Waals surface area contributed by atoms with Gasteiger partial charge < -0.3 is 0 Å². The van der Waals surface area contributed by atoms with Gasteiger partial charge in [0.25, 0.3) is 0 Å². The molecule has 0 atom stereocenters. The van der Waals surface area contributed by atoms with Crippen molar-refractivity contribution in [1.29, 1.82) is 0 Å². The zero-order valence-corrected chi connectivity index (χ0v) is 8.62.